The number of benzene rings is 1. The Morgan fingerprint density at radius 1 is 1.10 bits per heavy atom. The molecule has 2 rings (SSSR count). The van der Waals surface area contributed by atoms with Crippen molar-refractivity contribution in [1.82, 2.24) is 4.98 Å². The minimum Gasteiger partial charge on any atom is -0.487 e. The summed E-state index contributed by atoms with van der Waals surface area (Å²) in [6.45, 7) is 7.14. The average molecular weight is 270 g/mol. The molecule has 0 saturated carbocycles. The number of aromatic nitrogens is 1. The summed E-state index contributed by atoms with van der Waals surface area (Å²) in [5.41, 5.74) is 8.01. The molecule has 0 aliphatic carbocycles. The maximum atomic E-state index is 5.73. The lowest BCUT2D eigenvalue weighted by molar-refractivity contribution is 0.301. The molecule has 0 fully saturated rings. The van der Waals surface area contributed by atoms with Crippen molar-refractivity contribution in [3.05, 3.63) is 53.7 Å². The van der Waals surface area contributed by atoms with Crippen LogP contribution in [0.4, 0.5) is 5.82 Å². The Morgan fingerprint density at radius 2 is 1.80 bits per heavy atom. The smallest absolute Gasteiger partial charge is 0.130 e. The van der Waals surface area contributed by atoms with Crippen LogP contribution in [-0.2, 0) is 12.0 Å². The fourth-order valence-corrected chi connectivity index (χ4v) is 1.94. The van der Waals surface area contributed by atoms with E-state index in [0.29, 0.717) is 12.4 Å². The van der Waals surface area contributed by atoms with Gasteiger partial charge in [0.2, 0.25) is 0 Å². The van der Waals surface area contributed by atoms with Crippen molar-refractivity contribution in [3.63, 3.8) is 0 Å². The van der Waals surface area contributed by atoms with Gasteiger partial charge in [-0.15, -0.1) is 0 Å². The summed E-state index contributed by atoms with van der Waals surface area (Å²) >= 11 is 0. The summed E-state index contributed by atoms with van der Waals surface area (Å²) in [5, 5.41) is 0. The van der Waals surface area contributed by atoms with Gasteiger partial charge in [0.05, 0.1) is 5.69 Å². The Kier molecular flexibility index (Phi) is 4.28. The maximum Gasteiger partial charge on any atom is 0.130 e. The summed E-state index contributed by atoms with van der Waals surface area (Å²) in [4.78, 5) is 4.21. The fourth-order valence-electron chi connectivity index (χ4n) is 1.94. The van der Waals surface area contributed by atoms with Gasteiger partial charge in [-0.3, -0.25) is 0 Å². The highest BCUT2D eigenvalue weighted by Gasteiger charge is 2.17. The molecule has 1 aromatic heterocycles. The van der Waals surface area contributed by atoms with Crippen LogP contribution in [0, 0.1) is 0 Å². The second kappa shape index (κ2) is 5.95. The maximum absolute atomic E-state index is 5.73. The van der Waals surface area contributed by atoms with Crippen LogP contribution >= 0.6 is 0 Å². The molecule has 0 aliphatic heterocycles. The number of nitrogens with two attached hydrogens (primary N) is 1. The van der Waals surface area contributed by atoms with Gasteiger partial charge in [0.15, 0.2) is 0 Å². The van der Waals surface area contributed by atoms with Gasteiger partial charge in [-0.25, -0.2) is 4.98 Å². The van der Waals surface area contributed by atoms with Gasteiger partial charge >= 0.3 is 0 Å². The molecule has 0 bridgehead atoms. The topological polar surface area (TPSA) is 48.1 Å². The lowest BCUT2D eigenvalue weighted by Crippen LogP contribution is -2.15. The predicted molar refractivity (Wildman–Crippen MR) is 82.7 cm³/mol. The molecule has 0 amide bonds. The van der Waals surface area contributed by atoms with Gasteiger partial charge in [0.1, 0.15) is 18.2 Å². The van der Waals surface area contributed by atoms with Gasteiger partial charge in [0, 0.05) is 0 Å². The number of nitrogen functional groups attached to an aromatic ring is 1. The first-order valence-corrected chi connectivity index (χ1v) is 6.96. The van der Waals surface area contributed by atoms with Crippen LogP contribution in [-0.4, -0.2) is 4.98 Å². The van der Waals surface area contributed by atoms with E-state index in [1.165, 1.54) is 5.56 Å². The standard InChI is InChI=1S/C17H22N2O/c1-4-17(2,3)13-8-10-15(11-9-13)20-12-14-6-5-7-16(18)19-14/h5-11H,4,12H2,1-3H3,(H2,18,19). The van der Waals surface area contributed by atoms with Crippen LogP contribution in [0.1, 0.15) is 38.4 Å². The van der Waals surface area contributed by atoms with E-state index in [2.05, 4.69) is 37.9 Å². The highest BCUT2D eigenvalue weighted by Crippen LogP contribution is 2.28. The molecular weight excluding hydrogens is 248 g/mol. The minimum atomic E-state index is 0.202. The normalized spacial score (nSPS) is 11.3. The second-order valence-corrected chi connectivity index (χ2v) is 5.60. The number of ether oxygens (including phenoxy) is 1. The minimum absolute atomic E-state index is 0.202. The van der Waals surface area contributed by atoms with E-state index < -0.39 is 0 Å². The largest absolute Gasteiger partial charge is 0.487 e. The highest BCUT2D eigenvalue weighted by molar-refractivity contribution is 5.32. The average Bonchev–Trinajstić information content (AvgIpc) is 2.46. The molecule has 0 saturated heterocycles. The first-order chi connectivity index (χ1) is 9.51. The van der Waals surface area contributed by atoms with E-state index in [-0.39, 0.29) is 5.41 Å². The van der Waals surface area contributed by atoms with Crippen molar-refractivity contribution in [2.75, 3.05) is 5.73 Å². The molecule has 1 aromatic carbocycles. The van der Waals surface area contributed by atoms with Gasteiger partial charge < -0.3 is 10.5 Å². The van der Waals surface area contributed by atoms with E-state index in [9.17, 15) is 0 Å². The third-order valence-electron chi connectivity index (χ3n) is 3.73. The van der Waals surface area contributed by atoms with E-state index in [1.807, 2.05) is 24.3 Å². The summed E-state index contributed by atoms with van der Waals surface area (Å²) in [7, 11) is 0. The molecule has 0 atom stereocenters. The third-order valence-corrected chi connectivity index (χ3v) is 3.73. The van der Waals surface area contributed by atoms with Crippen molar-refractivity contribution in [2.24, 2.45) is 0 Å². The third kappa shape index (κ3) is 3.50. The van der Waals surface area contributed by atoms with Crippen LogP contribution < -0.4 is 10.5 Å². The first-order valence-electron chi connectivity index (χ1n) is 6.96. The van der Waals surface area contributed by atoms with Crippen molar-refractivity contribution < 1.29 is 4.74 Å². The lowest BCUT2D eigenvalue weighted by atomic mass is 9.82. The van der Waals surface area contributed by atoms with Crippen molar-refractivity contribution >= 4 is 5.82 Å². The zero-order valence-electron chi connectivity index (χ0n) is 12.4. The number of hydrogen-bond donors (Lipinski definition) is 1. The molecule has 0 spiro atoms. The van der Waals surface area contributed by atoms with Gasteiger partial charge in [0.25, 0.3) is 0 Å². The number of pyridine rings is 1. The molecule has 0 aliphatic rings. The molecule has 3 nitrogen and oxygen atoms in total. The molecule has 20 heavy (non-hydrogen) atoms. The predicted octanol–water partition coefficient (Wildman–Crippen LogP) is 3.93. The molecule has 3 heteroatoms. The molecule has 0 unspecified atom stereocenters. The summed E-state index contributed by atoms with van der Waals surface area (Å²) in [6.07, 6.45) is 1.11. The van der Waals surface area contributed by atoms with Crippen LogP contribution in [0.3, 0.4) is 0 Å². The second-order valence-electron chi connectivity index (χ2n) is 5.60. The molecular formula is C17H22N2O. The monoisotopic (exact) mass is 270 g/mol. The Balaban J connectivity index is 2.01. The van der Waals surface area contributed by atoms with Gasteiger partial charge in [-0.2, -0.15) is 0 Å². The van der Waals surface area contributed by atoms with Gasteiger partial charge in [-0.1, -0.05) is 39.0 Å². The fraction of sp³-hybridized carbons (Fsp3) is 0.353. The Bertz CT molecular complexity index is 561. The van der Waals surface area contributed by atoms with Gasteiger partial charge in [-0.05, 0) is 41.7 Å². The zero-order chi connectivity index (χ0) is 14.6. The summed E-state index contributed by atoms with van der Waals surface area (Å²) in [5.74, 6) is 1.37. The number of anilines is 1. The van der Waals surface area contributed by atoms with Crippen LogP contribution in [0.2, 0.25) is 0 Å². The molecule has 2 N–H and O–H groups in total. The van der Waals surface area contributed by atoms with Crippen LogP contribution in [0.25, 0.3) is 0 Å². The molecule has 106 valence electrons. The number of hydrogen-bond acceptors (Lipinski definition) is 3. The lowest BCUT2D eigenvalue weighted by Gasteiger charge is -2.23. The van der Waals surface area contributed by atoms with Crippen LogP contribution in [0.5, 0.6) is 5.75 Å². The Labute approximate surface area is 120 Å². The van der Waals surface area contributed by atoms with E-state index in [4.69, 9.17) is 10.5 Å². The van der Waals surface area contributed by atoms with Crippen LogP contribution in [0.15, 0.2) is 42.5 Å². The van der Waals surface area contributed by atoms with Crippen molar-refractivity contribution in [3.8, 4) is 5.75 Å². The number of nitrogens with zero attached hydrogens (tertiary/aromatic N) is 1. The SMILES string of the molecule is CCC(C)(C)c1ccc(OCc2cccc(N)n2)cc1. The quantitative estimate of drug-likeness (QED) is 0.895. The molecule has 1 heterocycles. The zero-order valence-corrected chi connectivity index (χ0v) is 12.4. The van der Waals surface area contributed by atoms with E-state index in [0.717, 1.165) is 17.9 Å². The van der Waals surface area contributed by atoms with Crippen molar-refractivity contribution in [2.45, 2.75) is 39.2 Å². The molecule has 2 aromatic rings. The Hall–Kier alpha value is -2.03. The first kappa shape index (κ1) is 14.4. The number of rotatable bonds is 5. The molecule has 0 radical (unpaired) electrons. The summed E-state index contributed by atoms with van der Waals surface area (Å²) in [6, 6.07) is 13.8. The summed E-state index contributed by atoms with van der Waals surface area (Å²) < 4.78 is 5.73. The highest BCUT2D eigenvalue weighted by atomic mass is 16.5. The Morgan fingerprint density at radius 3 is 2.40 bits per heavy atom. The van der Waals surface area contributed by atoms with Crippen molar-refractivity contribution in [1.29, 1.82) is 0 Å². The van der Waals surface area contributed by atoms with E-state index in [1.54, 1.807) is 6.07 Å². The van der Waals surface area contributed by atoms with E-state index >= 15 is 0 Å².